The molecular weight excluding hydrogens is 254 g/mol. The van der Waals surface area contributed by atoms with Gasteiger partial charge in [0.25, 0.3) is 0 Å². The average molecular weight is 275 g/mol. The van der Waals surface area contributed by atoms with Gasteiger partial charge in [0, 0.05) is 13.0 Å². The number of rotatable bonds is 8. The van der Waals surface area contributed by atoms with Crippen LogP contribution in [0.5, 0.6) is 0 Å². The zero-order valence-corrected chi connectivity index (χ0v) is 12.0. The molecule has 0 unspecified atom stereocenters. The lowest BCUT2D eigenvalue weighted by Gasteiger charge is -2.06. The molecule has 1 aromatic carbocycles. The number of aromatic nitrogens is 2. The second kappa shape index (κ2) is 7.77. The van der Waals surface area contributed by atoms with E-state index in [1.54, 1.807) is 0 Å². The Labute approximate surface area is 119 Å². The van der Waals surface area contributed by atoms with E-state index in [4.69, 9.17) is 9.26 Å². The Hall–Kier alpha value is -1.72. The van der Waals surface area contributed by atoms with Crippen LogP contribution in [0.15, 0.2) is 34.9 Å². The van der Waals surface area contributed by atoms with Gasteiger partial charge in [0.2, 0.25) is 5.89 Å². The number of benzene rings is 1. The summed E-state index contributed by atoms with van der Waals surface area (Å²) in [5.74, 6) is 1.33. The predicted octanol–water partition coefficient (Wildman–Crippen LogP) is 2.17. The monoisotopic (exact) mass is 275 g/mol. The summed E-state index contributed by atoms with van der Waals surface area (Å²) in [4.78, 5) is 4.36. The Balaban J connectivity index is 1.72. The van der Waals surface area contributed by atoms with E-state index < -0.39 is 0 Å². The van der Waals surface area contributed by atoms with Crippen molar-refractivity contribution in [3.8, 4) is 0 Å². The van der Waals surface area contributed by atoms with Gasteiger partial charge in [0.15, 0.2) is 5.82 Å². The first kappa shape index (κ1) is 14.7. The summed E-state index contributed by atoms with van der Waals surface area (Å²) in [6.45, 7) is 6.07. The smallest absolute Gasteiger partial charge is 0.240 e. The van der Waals surface area contributed by atoms with Crippen molar-refractivity contribution >= 4 is 0 Å². The van der Waals surface area contributed by atoms with Gasteiger partial charge in [-0.1, -0.05) is 35.5 Å². The van der Waals surface area contributed by atoms with Crippen LogP contribution in [0, 0.1) is 0 Å². The van der Waals surface area contributed by atoms with Crippen molar-refractivity contribution < 1.29 is 9.26 Å². The van der Waals surface area contributed by atoms with Crippen molar-refractivity contribution in [1.29, 1.82) is 0 Å². The Bertz CT molecular complexity index is 497. The summed E-state index contributed by atoms with van der Waals surface area (Å²) in [7, 11) is 0. The Morgan fingerprint density at radius 3 is 2.80 bits per heavy atom. The molecule has 2 aromatic rings. The minimum absolute atomic E-state index is 0.262. The topological polar surface area (TPSA) is 60.2 Å². The highest BCUT2D eigenvalue weighted by atomic mass is 16.5. The lowest BCUT2D eigenvalue weighted by Crippen LogP contribution is -2.21. The van der Waals surface area contributed by atoms with Gasteiger partial charge in [-0.25, -0.2) is 0 Å². The van der Waals surface area contributed by atoms with Gasteiger partial charge < -0.3 is 14.6 Å². The Morgan fingerprint density at radius 1 is 1.25 bits per heavy atom. The molecule has 1 heterocycles. The van der Waals surface area contributed by atoms with Crippen LogP contribution in [0.4, 0.5) is 0 Å². The molecule has 0 saturated heterocycles. The molecule has 1 N–H and O–H groups in total. The summed E-state index contributed by atoms with van der Waals surface area (Å²) in [6.07, 6.45) is 0.957. The van der Waals surface area contributed by atoms with Crippen molar-refractivity contribution in [2.24, 2.45) is 0 Å². The molecule has 0 fully saturated rings. The van der Waals surface area contributed by atoms with Crippen molar-refractivity contribution in [1.82, 2.24) is 15.5 Å². The number of hydrogen-bond donors (Lipinski definition) is 1. The second-order valence-electron chi connectivity index (χ2n) is 4.86. The highest BCUT2D eigenvalue weighted by Gasteiger charge is 2.06. The van der Waals surface area contributed by atoms with Gasteiger partial charge in [-0.2, -0.15) is 4.98 Å². The molecule has 0 atom stereocenters. The van der Waals surface area contributed by atoms with E-state index in [0.717, 1.165) is 6.54 Å². The van der Waals surface area contributed by atoms with E-state index in [0.29, 0.717) is 31.3 Å². The van der Waals surface area contributed by atoms with Crippen LogP contribution in [0.2, 0.25) is 0 Å². The zero-order valence-electron chi connectivity index (χ0n) is 12.0. The molecule has 1 aromatic heterocycles. The fraction of sp³-hybridized carbons (Fsp3) is 0.467. The molecule has 0 aliphatic rings. The largest absolute Gasteiger partial charge is 0.377 e. The molecule has 0 spiro atoms. The highest BCUT2D eigenvalue weighted by molar-refractivity contribution is 5.18. The predicted molar refractivity (Wildman–Crippen MR) is 76.3 cm³/mol. The minimum Gasteiger partial charge on any atom is -0.377 e. The third kappa shape index (κ3) is 5.11. The fourth-order valence-corrected chi connectivity index (χ4v) is 1.77. The van der Waals surface area contributed by atoms with Crippen LogP contribution in [0.25, 0.3) is 0 Å². The van der Waals surface area contributed by atoms with Crippen LogP contribution in [-0.4, -0.2) is 29.4 Å². The third-order valence-electron chi connectivity index (χ3n) is 2.72. The van der Waals surface area contributed by atoms with Gasteiger partial charge in [0.1, 0.15) is 0 Å². The molecule has 0 aliphatic carbocycles. The zero-order chi connectivity index (χ0) is 14.2. The van der Waals surface area contributed by atoms with E-state index in [9.17, 15) is 0 Å². The summed E-state index contributed by atoms with van der Waals surface area (Å²) in [5.41, 5.74) is 1.18. The van der Waals surface area contributed by atoms with Gasteiger partial charge in [-0.3, -0.25) is 0 Å². The quantitative estimate of drug-likeness (QED) is 0.748. The van der Waals surface area contributed by atoms with Crippen LogP contribution in [0.3, 0.4) is 0 Å². The molecule has 0 radical (unpaired) electrons. The molecule has 5 heteroatoms. The van der Waals surface area contributed by atoms with Gasteiger partial charge in [0.05, 0.1) is 19.3 Å². The molecule has 2 rings (SSSR count). The van der Waals surface area contributed by atoms with Crippen molar-refractivity contribution in [2.45, 2.75) is 32.9 Å². The SMILES string of the molecule is CC(C)OCCNCc1nc(Cc2ccccc2)no1. The van der Waals surface area contributed by atoms with Crippen LogP contribution < -0.4 is 5.32 Å². The van der Waals surface area contributed by atoms with Crippen molar-refractivity contribution in [3.63, 3.8) is 0 Å². The first-order chi connectivity index (χ1) is 9.74. The highest BCUT2D eigenvalue weighted by Crippen LogP contribution is 2.06. The van der Waals surface area contributed by atoms with E-state index >= 15 is 0 Å². The molecular formula is C15H21N3O2. The van der Waals surface area contributed by atoms with Crippen molar-refractivity contribution in [2.75, 3.05) is 13.2 Å². The van der Waals surface area contributed by atoms with Crippen molar-refractivity contribution in [3.05, 3.63) is 47.6 Å². The van der Waals surface area contributed by atoms with Gasteiger partial charge in [-0.05, 0) is 19.4 Å². The first-order valence-corrected chi connectivity index (χ1v) is 6.92. The maximum absolute atomic E-state index is 5.43. The van der Waals surface area contributed by atoms with E-state index in [1.807, 2.05) is 32.0 Å². The maximum atomic E-state index is 5.43. The molecule has 0 saturated carbocycles. The summed E-state index contributed by atoms with van der Waals surface area (Å²) >= 11 is 0. The first-order valence-electron chi connectivity index (χ1n) is 6.92. The number of nitrogens with one attached hydrogen (secondary N) is 1. The molecule has 108 valence electrons. The van der Waals surface area contributed by atoms with Crippen LogP contribution >= 0.6 is 0 Å². The Kier molecular flexibility index (Phi) is 5.70. The summed E-state index contributed by atoms with van der Waals surface area (Å²) < 4.78 is 10.6. The number of ether oxygens (including phenoxy) is 1. The molecule has 0 aliphatic heterocycles. The summed E-state index contributed by atoms with van der Waals surface area (Å²) in [5, 5.41) is 7.19. The van der Waals surface area contributed by atoms with Gasteiger partial charge >= 0.3 is 0 Å². The average Bonchev–Trinajstić information content (AvgIpc) is 2.87. The van der Waals surface area contributed by atoms with E-state index in [-0.39, 0.29) is 6.10 Å². The summed E-state index contributed by atoms with van der Waals surface area (Å²) in [6, 6.07) is 10.1. The van der Waals surface area contributed by atoms with Gasteiger partial charge in [-0.15, -0.1) is 0 Å². The van der Waals surface area contributed by atoms with E-state index in [1.165, 1.54) is 5.56 Å². The molecule has 0 amide bonds. The van der Waals surface area contributed by atoms with E-state index in [2.05, 4.69) is 27.6 Å². The lowest BCUT2D eigenvalue weighted by atomic mass is 10.1. The standard InChI is InChI=1S/C15H21N3O2/c1-12(2)19-9-8-16-11-15-17-14(18-20-15)10-13-6-4-3-5-7-13/h3-7,12,16H,8-11H2,1-2H3. The Morgan fingerprint density at radius 2 is 2.05 bits per heavy atom. The lowest BCUT2D eigenvalue weighted by molar-refractivity contribution is 0.0803. The molecule has 20 heavy (non-hydrogen) atoms. The fourth-order valence-electron chi connectivity index (χ4n) is 1.77. The normalized spacial score (nSPS) is 11.2. The second-order valence-corrected chi connectivity index (χ2v) is 4.86. The van der Waals surface area contributed by atoms with Crippen LogP contribution in [-0.2, 0) is 17.7 Å². The number of nitrogens with zero attached hydrogens (tertiary/aromatic N) is 2. The maximum Gasteiger partial charge on any atom is 0.240 e. The number of hydrogen-bond acceptors (Lipinski definition) is 5. The van der Waals surface area contributed by atoms with Crippen LogP contribution in [0.1, 0.15) is 31.1 Å². The minimum atomic E-state index is 0.262. The molecule has 0 bridgehead atoms. The molecule has 5 nitrogen and oxygen atoms in total. The third-order valence-corrected chi connectivity index (χ3v) is 2.72.